The van der Waals surface area contributed by atoms with Crippen LogP contribution < -0.4 is 9.46 Å². The number of para-hydroxylation sites is 1. The Morgan fingerprint density at radius 1 is 1.39 bits per heavy atom. The van der Waals surface area contributed by atoms with E-state index in [1.807, 2.05) is 24.3 Å². The van der Waals surface area contributed by atoms with E-state index in [4.69, 9.17) is 16.3 Å². The van der Waals surface area contributed by atoms with Gasteiger partial charge in [0.15, 0.2) is 0 Å². The van der Waals surface area contributed by atoms with Crippen molar-refractivity contribution in [3.05, 3.63) is 29.8 Å². The maximum Gasteiger partial charge on any atom is 0.211 e. The molecule has 0 fully saturated rings. The summed E-state index contributed by atoms with van der Waals surface area (Å²) in [6.07, 6.45) is 1.09. The van der Waals surface area contributed by atoms with Crippen LogP contribution in [0.5, 0.6) is 5.75 Å². The van der Waals surface area contributed by atoms with Crippen LogP contribution in [0.15, 0.2) is 24.3 Å². The number of nitrogens with one attached hydrogen (secondary N) is 1. The maximum atomic E-state index is 11.6. The average molecular weight is 290 g/mol. The van der Waals surface area contributed by atoms with Gasteiger partial charge in [-0.3, -0.25) is 0 Å². The molecule has 1 aliphatic heterocycles. The molecule has 0 saturated heterocycles. The third kappa shape index (κ3) is 3.60. The highest BCUT2D eigenvalue weighted by Crippen LogP contribution is 2.27. The lowest BCUT2D eigenvalue weighted by Gasteiger charge is -2.12. The Morgan fingerprint density at radius 3 is 2.89 bits per heavy atom. The van der Waals surface area contributed by atoms with Crippen molar-refractivity contribution in [3.63, 3.8) is 0 Å². The predicted molar refractivity (Wildman–Crippen MR) is 71.7 cm³/mol. The summed E-state index contributed by atoms with van der Waals surface area (Å²) in [5.41, 5.74) is 1.13. The Bertz CT molecular complexity index is 479. The second-order valence-corrected chi connectivity index (χ2v) is 6.57. The van der Waals surface area contributed by atoms with Crippen LogP contribution in [0, 0.1) is 0 Å². The minimum Gasteiger partial charge on any atom is -0.488 e. The normalized spacial score (nSPS) is 18.4. The Hall–Kier alpha value is -0.780. The Morgan fingerprint density at radius 2 is 2.17 bits per heavy atom. The van der Waals surface area contributed by atoms with Gasteiger partial charge in [-0.05, 0) is 18.1 Å². The molecule has 2 rings (SSSR count). The summed E-state index contributed by atoms with van der Waals surface area (Å²) in [6.45, 7) is 0.305. The molecule has 4 nitrogen and oxygen atoms in total. The molecule has 0 aliphatic carbocycles. The van der Waals surface area contributed by atoms with Gasteiger partial charge in [-0.2, -0.15) is 0 Å². The van der Waals surface area contributed by atoms with E-state index in [9.17, 15) is 8.42 Å². The van der Waals surface area contributed by atoms with Crippen LogP contribution in [-0.2, 0) is 16.4 Å². The third-order valence-electron chi connectivity index (χ3n) is 2.79. The van der Waals surface area contributed by atoms with Crippen molar-refractivity contribution in [3.8, 4) is 5.75 Å². The summed E-state index contributed by atoms with van der Waals surface area (Å²) in [4.78, 5) is 0. The molecular formula is C12H16ClNO3S. The van der Waals surface area contributed by atoms with Crippen molar-refractivity contribution in [2.75, 3.05) is 18.2 Å². The predicted octanol–water partition coefficient (Wildman–Crippen LogP) is 1.54. The molecule has 0 saturated carbocycles. The van der Waals surface area contributed by atoms with E-state index in [2.05, 4.69) is 4.72 Å². The molecule has 1 unspecified atom stereocenters. The summed E-state index contributed by atoms with van der Waals surface area (Å²) >= 11 is 5.48. The highest BCUT2D eigenvalue weighted by Gasteiger charge is 2.23. The molecule has 1 aromatic rings. The minimum atomic E-state index is -3.23. The van der Waals surface area contributed by atoms with E-state index in [0.29, 0.717) is 18.8 Å². The number of benzene rings is 1. The van der Waals surface area contributed by atoms with Crippen molar-refractivity contribution in [2.24, 2.45) is 0 Å². The summed E-state index contributed by atoms with van der Waals surface area (Å²) in [7, 11) is -3.23. The molecule has 1 heterocycles. The first kappa shape index (κ1) is 13.6. The molecule has 0 radical (unpaired) electrons. The third-order valence-corrected chi connectivity index (χ3v) is 4.49. The lowest BCUT2D eigenvalue weighted by molar-refractivity contribution is 0.236. The van der Waals surface area contributed by atoms with Crippen molar-refractivity contribution >= 4 is 21.6 Å². The van der Waals surface area contributed by atoms with Crippen LogP contribution in [0.2, 0.25) is 0 Å². The molecule has 6 heteroatoms. The number of sulfonamides is 1. The fraction of sp³-hybridized carbons (Fsp3) is 0.500. The SMILES string of the molecule is O=S(=O)(CCCCl)NCC1Cc2ccccc2O1. The molecule has 18 heavy (non-hydrogen) atoms. The smallest absolute Gasteiger partial charge is 0.211 e. The average Bonchev–Trinajstić information content (AvgIpc) is 2.77. The zero-order valence-corrected chi connectivity index (χ0v) is 11.5. The lowest BCUT2D eigenvalue weighted by atomic mass is 10.1. The van der Waals surface area contributed by atoms with Crippen LogP contribution in [0.4, 0.5) is 0 Å². The Balaban J connectivity index is 1.83. The number of hydrogen-bond donors (Lipinski definition) is 1. The fourth-order valence-electron chi connectivity index (χ4n) is 1.90. The maximum absolute atomic E-state index is 11.6. The summed E-state index contributed by atoms with van der Waals surface area (Å²) in [5.74, 6) is 1.27. The first-order valence-corrected chi connectivity index (χ1v) is 8.07. The minimum absolute atomic E-state index is 0.0656. The van der Waals surface area contributed by atoms with Crippen LogP contribution in [-0.4, -0.2) is 32.7 Å². The summed E-state index contributed by atoms with van der Waals surface area (Å²) < 4.78 is 31.4. The molecule has 100 valence electrons. The van der Waals surface area contributed by atoms with Crippen LogP contribution in [0.3, 0.4) is 0 Å². The number of hydrogen-bond acceptors (Lipinski definition) is 3. The summed E-state index contributed by atoms with van der Waals surface area (Å²) in [6, 6.07) is 7.76. The Kier molecular flexibility index (Phi) is 4.48. The second kappa shape index (κ2) is 5.91. The van der Waals surface area contributed by atoms with E-state index < -0.39 is 10.0 Å². The van der Waals surface area contributed by atoms with Gasteiger partial charge in [-0.15, -0.1) is 11.6 Å². The first-order chi connectivity index (χ1) is 8.61. The standard InChI is InChI=1S/C12H16ClNO3S/c13-6-3-7-18(15,16)14-9-11-8-10-4-1-2-5-12(10)17-11/h1-2,4-5,11,14H,3,6-9H2. The number of halogens is 1. The number of fused-ring (bicyclic) bond motifs is 1. The molecule has 0 spiro atoms. The van der Waals surface area contributed by atoms with Gasteiger partial charge in [0.1, 0.15) is 11.9 Å². The molecule has 1 atom stereocenters. The van der Waals surface area contributed by atoms with Gasteiger partial charge in [0.25, 0.3) is 0 Å². The molecular weight excluding hydrogens is 274 g/mol. The molecule has 0 amide bonds. The Labute approximate surface area is 112 Å². The van der Waals surface area contributed by atoms with Crippen molar-refractivity contribution in [1.82, 2.24) is 4.72 Å². The van der Waals surface area contributed by atoms with E-state index in [0.717, 1.165) is 17.7 Å². The van der Waals surface area contributed by atoms with Crippen LogP contribution in [0.25, 0.3) is 0 Å². The number of rotatable bonds is 6. The van der Waals surface area contributed by atoms with Gasteiger partial charge < -0.3 is 4.74 Å². The molecule has 0 bridgehead atoms. The number of alkyl halides is 1. The van der Waals surface area contributed by atoms with E-state index in [-0.39, 0.29) is 11.9 Å². The number of ether oxygens (including phenoxy) is 1. The largest absolute Gasteiger partial charge is 0.488 e. The fourth-order valence-corrected chi connectivity index (χ4v) is 3.31. The topological polar surface area (TPSA) is 55.4 Å². The molecule has 1 aromatic carbocycles. The van der Waals surface area contributed by atoms with E-state index >= 15 is 0 Å². The quantitative estimate of drug-likeness (QED) is 0.808. The van der Waals surface area contributed by atoms with Gasteiger partial charge >= 0.3 is 0 Å². The van der Waals surface area contributed by atoms with Gasteiger partial charge in [-0.25, -0.2) is 13.1 Å². The highest BCUT2D eigenvalue weighted by atomic mass is 35.5. The lowest BCUT2D eigenvalue weighted by Crippen LogP contribution is -2.35. The second-order valence-electron chi connectivity index (χ2n) is 4.26. The molecule has 1 N–H and O–H groups in total. The zero-order valence-electron chi connectivity index (χ0n) is 9.93. The molecule has 1 aliphatic rings. The van der Waals surface area contributed by atoms with Crippen molar-refractivity contribution < 1.29 is 13.2 Å². The highest BCUT2D eigenvalue weighted by molar-refractivity contribution is 7.89. The van der Waals surface area contributed by atoms with Gasteiger partial charge in [0.05, 0.1) is 5.75 Å². The monoisotopic (exact) mass is 289 g/mol. The molecule has 0 aromatic heterocycles. The van der Waals surface area contributed by atoms with E-state index in [1.54, 1.807) is 0 Å². The van der Waals surface area contributed by atoms with Gasteiger partial charge in [0.2, 0.25) is 10.0 Å². The van der Waals surface area contributed by atoms with Crippen molar-refractivity contribution in [2.45, 2.75) is 18.9 Å². The van der Waals surface area contributed by atoms with Gasteiger partial charge in [0, 0.05) is 18.8 Å². The van der Waals surface area contributed by atoms with Crippen molar-refractivity contribution in [1.29, 1.82) is 0 Å². The van der Waals surface area contributed by atoms with E-state index in [1.165, 1.54) is 0 Å². The van der Waals surface area contributed by atoms with Crippen LogP contribution >= 0.6 is 11.6 Å². The first-order valence-electron chi connectivity index (χ1n) is 5.88. The zero-order chi connectivity index (χ0) is 13.0. The van der Waals surface area contributed by atoms with Crippen LogP contribution in [0.1, 0.15) is 12.0 Å². The van der Waals surface area contributed by atoms with Gasteiger partial charge in [-0.1, -0.05) is 18.2 Å². The summed E-state index contributed by atoms with van der Waals surface area (Å²) in [5, 5.41) is 0.